The van der Waals surface area contributed by atoms with Crippen molar-refractivity contribution in [2.24, 2.45) is 4.99 Å². The Morgan fingerprint density at radius 2 is 1.97 bits per heavy atom. The maximum Gasteiger partial charge on any atom is 0.193 e. The number of nitrogens with zero attached hydrogens (tertiary/aromatic N) is 3. The number of morpholine rings is 1. The molecule has 3 aliphatic rings. The molecule has 0 spiro atoms. The maximum absolute atomic E-state index is 6.11. The second-order valence-electron chi connectivity index (χ2n) is 8.35. The van der Waals surface area contributed by atoms with Crippen LogP contribution in [0.25, 0.3) is 0 Å². The van der Waals surface area contributed by atoms with Crippen molar-refractivity contribution in [2.45, 2.75) is 44.1 Å². The zero-order chi connectivity index (χ0) is 20.6. The predicted molar refractivity (Wildman–Crippen MR) is 133 cm³/mol. The summed E-state index contributed by atoms with van der Waals surface area (Å²) < 4.78 is 17.5. The molecule has 7 nitrogen and oxygen atoms in total. The Labute approximate surface area is 203 Å². The summed E-state index contributed by atoms with van der Waals surface area (Å²) in [5.41, 5.74) is 1.36. The minimum absolute atomic E-state index is 0. The lowest BCUT2D eigenvalue weighted by molar-refractivity contribution is -0.0502. The predicted octanol–water partition coefficient (Wildman–Crippen LogP) is 2.35. The number of guanidine groups is 1. The van der Waals surface area contributed by atoms with E-state index in [1.807, 2.05) is 7.05 Å². The summed E-state index contributed by atoms with van der Waals surface area (Å²) in [5.74, 6) is 0.971. The van der Waals surface area contributed by atoms with Crippen LogP contribution in [-0.4, -0.2) is 93.7 Å². The molecule has 0 bridgehead atoms. The van der Waals surface area contributed by atoms with Gasteiger partial charge in [0, 0.05) is 59.6 Å². The first-order valence-electron chi connectivity index (χ1n) is 11.4. The molecule has 4 rings (SSSR count). The minimum Gasteiger partial charge on any atom is -0.381 e. The van der Waals surface area contributed by atoms with E-state index in [1.54, 1.807) is 0 Å². The number of ether oxygens (including phenoxy) is 3. The molecule has 2 atom stereocenters. The Bertz CT molecular complexity index is 672. The van der Waals surface area contributed by atoms with Crippen LogP contribution in [0.5, 0.6) is 0 Å². The molecule has 3 saturated heterocycles. The van der Waals surface area contributed by atoms with Gasteiger partial charge in [0.25, 0.3) is 0 Å². The number of benzene rings is 1. The number of aliphatic imine (C=N–C) groups is 1. The zero-order valence-electron chi connectivity index (χ0n) is 18.6. The van der Waals surface area contributed by atoms with Gasteiger partial charge in [0.1, 0.15) is 0 Å². The number of rotatable bonds is 7. The third-order valence-electron chi connectivity index (χ3n) is 6.28. The van der Waals surface area contributed by atoms with Gasteiger partial charge in [0.15, 0.2) is 5.96 Å². The Kier molecular flexibility index (Phi) is 10.3. The van der Waals surface area contributed by atoms with E-state index in [0.29, 0.717) is 12.1 Å². The summed E-state index contributed by atoms with van der Waals surface area (Å²) >= 11 is 0. The van der Waals surface area contributed by atoms with E-state index in [9.17, 15) is 0 Å². The largest absolute Gasteiger partial charge is 0.381 e. The molecule has 8 heteroatoms. The van der Waals surface area contributed by atoms with Crippen LogP contribution in [0.4, 0.5) is 0 Å². The molecule has 0 aliphatic carbocycles. The van der Waals surface area contributed by atoms with Crippen LogP contribution in [0.15, 0.2) is 35.3 Å². The molecular formula is C23H37IN4O3. The zero-order valence-corrected chi connectivity index (χ0v) is 20.9. The van der Waals surface area contributed by atoms with Gasteiger partial charge >= 0.3 is 0 Å². The van der Waals surface area contributed by atoms with Crippen LogP contribution in [0.3, 0.4) is 0 Å². The first kappa shape index (κ1) is 24.7. The van der Waals surface area contributed by atoms with Gasteiger partial charge in [-0.05, 0) is 24.8 Å². The van der Waals surface area contributed by atoms with Gasteiger partial charge in [0.2, 0.25) is 0 Å². The first-order chi connectivity index (χ1) is 14.8. The van der Waals surface area contributed by atoms with Gasteiger partial charge in [0.05, 0.1) is 24.9 Å². The topological polar surface area (TPSA) is 58.6 Å². The van der Waals surface area contributed by atoms with Crippen molar-refractivity contribution in [3.63, 3.8) is 0 Å². The van der Waals surface area contributed by atoms with Crippen LogP contribution in [0.1, 0.15) is 24.8 Å². The molecule has 3 aliphatic heterocycles. The molecule has 2 unspecified atom stereocenters. The average Bonchev–Trinajstić information content (AvgIpc) is 3.23. The molecule has 174 valence electrons. The Hall–Kier alpha value is -0.940. The van der Waals surface area contributed by atoms with Gasteiger partial charge in [-0.15, -0.1) is 24.0 Å². The molecule has 1 aromatic rings. The molecular weight excluding hydrogens is 507 g/mol. The standard InChI is InChI=1S/C23H36N4O3.HI/c1-24-23(25-10-5-12-29-20-8-13-28-14-9-20)27-17-21-22(18-27)30-15-11-26(21)16-19-6-3-2-4-7-19;/h2-4,6-7,20-22H,5,8-18H2,1H3,(H,24,25);1H. The monoisotopic (exact) mass is 544 g/mol. The van der Waals surface area contributed by atoms with Crippen molar-refractivity contribution in [2.75, 3.05) is 59.7 Å². The Morgan fingerprint density at radius 3 is 2.74 bits per heavy atom. The summed E-state index contributed by atoms with van der Waals surface area (Å²) in [4.78, 5) is 9.44. The molecule has 1 N–H and O–H groups in total. The number of likely N-dealkylation sites (tertiary alicyclic amines) is 1. The highest BCUT2D eigenvalue weighted by atomic mass is 127. The number of nitrogens with one attached hydrogen (secondary N) is 1. The van der Waals surface area contributed by atoms with Crippen LogP contribution in [0, 0.1) is 0 Å². The third kappa shape index (κ3) is 7.02. The van der Waals surface area contributed by atoms with Crippen molar-refractivity contribution < 1.29 is 14.2 Å². The fraction of sp³-hybridized carbons (Fsp3) is 0.696. The van der Waals surface area contributed by atoms with E-state index >= 15 is 0 Å². The van der Waals surface area contributed by atoms with E-state index in [1.165, 1.54) is 5.56 Å². The second kappa shape index (κ2) is 12.9. The molecule has 1 aromatic carbocycles. The lowest BCUT2D eigenvalue weighted by Crippen LogP contribution is -2.50. The van der Waals surface area contributed by atoms with Crippen molar-refractivity contribution in [1.29, 1.82) is 0 Å². The van der Waals surface area contributed by atoms with Crippen molar-refractivity contribution in [1.82, 2.24) is 15.1 Å². The fourth-order valence-electron chi connectivity index (χ4n) is 4.64. The number of fused-ring (bicyclic) bond motifs is 1. The first-order valence-corrected chi connectivity index (χ1v) is 11.4. The van der Waals surface area contributed by atoms with E-state index in [2.05, 4.69) is 50.4 Å². The minimum atomic E-state index is 0. The summed E-state index contributed by atoms with van der Waals surface area (Å²) in [6.07, 6.45) is 3.63. The maximum atomic E-state index is 6.11. The smallest absolute Gasteiger partial charge is 0.193 e. The third-order valence-corrected chi connectivity index (χ3v) is 6.28. The normalized spacial score (nSPS) is 25.2. The number of hydrogen-bond donors (Lipinski definition) is 1. The van der Waals surface area contributed by atoms with Gasteiger partial charge in [-0.2, -0.15) is 0 Å². The van der Waals surface area contributed by atoms with Crippen molar-refractivity contribution in [3.8, 4) is 0 Å². The lowest BCUT2D eigenvalue weighted by atomic mass is 10.1. The Balaban J connectivity index is 0.00000272. The summed E-state index contributed by atoms with van der Waals surface area (Å²) in [5, 5.41) is 3.52. The molecule has 3 fully saturated rings. The summed E-state index contributed by atoms with van der Waals surface area (Å²) in [7, 11) is 1.87. The van der Waals surface area contributed by atoms with Gasteiger partial charge < -0.3 is 24.4 Å². The molecule has 0 amide bonds. The lowest BCUT2D eigenvalue weighted by Gasteiger charge is -2.36. The van der Waals surface area contributed by atoms with E-state index in [4.69, 9.17) is 14.2 Å². The van der Waals surface area contributed by atoms with Gasteiger partial charge in [-0.3, -0.25) is 9.89 Å². The highest BCUT2D eigenvalue weighted by Gasteiger charge is 2.41. The molecule has 0 aromatic heterocycles. The number of halogens is 1. The summed E-state index contributed by atoms with van der Waals surface area (Å²) in [6, 6.07) is 11.1. The fourth-order valence-corrected chi connectivity index (χ4v) is 4.64. The summed E-state index contributed by atoms with van der Waals surface area (Å²) in [6.45, 7) is 7.94. The van der Waals surface area contributed by atoms with Crippen LogP contribution in [0.2, 0.25) is 0 Å². The SMILES string of the molecule is CN=C(NCCCOC1CCOCC1)N1CC2OCCN(Cc3ccccc3)C2C1.I. The van der Waals surface area contributed by atoms with Gasteiger partial charge in [-0.1, -0.05) is 30.3 Å². The molecule has 0 saturated carbocycles. The van der Waals surface area contributed by atoms with Crippen LogP contribution < -0.4 is 5.32 Å². The highest BCUT2D eigenvalue weighted by molar-refractivity contribution is 14.0. The second-order valence-corrected chi connectivity index (χ2v) is 8.35. The van der Waals surface area contributed by atoms with E-state index in [0.717, 1.165) is 84.4 Å². The van der Waals surface area contributed by atoms with Gasteiger partial charge in [-0.25, -0.2) is 0 Å². The van der Waals surface area contributed by atoms with Crippen molar-refractivity contribution >= 4 is 29.9 Å². The molecule has 3 heterocycles. The van der Waals surface area contributed by atoms with Crippen LogP contribution in [-0.2, 0) is 20.8 Å². The van der Waals surface area contributed by atoms with E-state index in [-0.39, 0.29) is 30.1 Å². The van der Waals surface area contributed by atoms with Crippen LogP contribution >= 0.6 is 24.0 Å². The molecule has 0 radical (unpaired) electrons. The average molecular weight is 544 g/mol. The highest BCUT2D eigenvalue weighted by Crippen LogP contribution is 2.24. The molecule has 31 heavy (non-hydrogen) atoms. The quantitative estimate of drug-likeness (QED) is 0.246. The number of hydrogen-bond acceptors (Lipinski definition) is 5. The van der Waals surface area contributed by atoms with Crippen molar-refractivity contribution in [3.05, 3.63) is 35.9 Å². The van der Waals surface area contributed by atoms with E-state index < -0.39 is 0 Å². The Morgan fingerprint density at radius 1 is 1.16 bits per heavy atom.